The number of rotatable bonds is 4. The van der Waals surface area contributed by atoms with E-state index in [-0.39, 0.29) is 6.61 Å². The first-order valence-corrected chi connectivity index (χ1v) is 5.81. The largest absolute Gasteiger partial charge is 0.394 e. The molecule has 1 rings (SSSR count). The van der Waals surface area contributed by atoms with Crippen LogP contribution in [0.2, 0.25) is 0 Å². The van der Waals surface area contributed by atoms with Gasteiger partial charge in [-0.15, -0.1) is 0 Å². The van der Waals surface area contributed by atoms with Crippen molar-refractivity contribution < 1.29 is 9.84 Å². The number of aliphatic hydroxyl groups is 1. The quantitative estimate of drug-likeness (QED) is 0.756. The van der Waals surface area contributed by atoms with Crippen LogP contribution in [0.25, 0.3) is 0 Å². The summed E-state index contributed by atoms with van der Waals surface area (Å²) in [5, 5.41) is 8.71. The van der Waals surface area contributed by atoms with Crippen molar-refractivity contribution in [1.29, 1.82) is 0 Å². The number of aliphatic hydroxyl groups excluding tert-OH is 1. The highest BCUT2D eigenvalue weighted by molar-refractivity contribution is 4.85. The summed E-state index contributed by atoms with van der Waals surface area (Å²) in [7, 11) is 0. The number of ether oxygens (including phenoxy) is 1. The Morgan fingerprint density at radius 2 is 2.21 bits per heavy atom. The van der Waals surface area contributed by atoms with Gasteiger partial charge in [0.2, 0.25) is 0 Å². The third-order valence-corrected chi connectivity index (χ3v) is 3.81. The van der Waals surface area contributed by atoms with Gasteiger partial charge in [-0.05, 0) is 30.6 Å². The molecule has 0 aromatic carbocycles. The van der Waals surface area contributed by atoms with E-state index in [0.29, 0.717) is 18.1 Å². The minimum absolute atomic E-state index is 0.148. The molecule has 1 N–H and O–H groups in total. The molecule has 14 heavy (non-hydrogen) atoms. The van der Waals surface area contributed by atoms with Crippen molar-refractivity contribution in [2.45, 2.75) is 52.6 Å². The first kappa shape index (κ1) is 12.0. The molecule has 2 nitrogen and oxygen atoms in total. The fourth-order valence-electron chi connectivity index (χ4n) is 2.34. The van der Waals surface area contributed by atoms with Gasteiger partial charge < -0.3 is 9.84 Å². The molecule has 2 unspecified atom stereocenters. The minimum Gasteiger partial charge on any atom is -0.394 e. The van der Waals surface area contributed by atoms with Crippen LogP contribution < -0.4 is 0 Å². The average Bonchev–Trinajstić information content (AvgIpc) is 2.15. The summed E-state index contributed by atoms with van der Waals surface area (Å²) in [5.41, 5.74) is 0.443. The van der Waals surface area contributed by atoms with E-state index in [1.807, 2.05) is 0 Å². The molecular formula is C12H24O2. The molecule has 0 aliphatic heterocycles. The first-order valence-electron chi connectivity index (χ1n) is 5.81. The molecule has 0 spiro atoms. The molecule has 2 atom stereocenters. The van der Waals surface area contributed by atoms with Crippen LogP contribution in [0.15, 0.2) is 0 Å². The van der Waals surface area contributed by atoms with Gasteiger partial charge in [0.05, 0.1) is 19.3 Å². The van der Waals surface area contributed by atoms with Gasteiger partial charge >= 0.3 is 0 Å². The molecule has 0 aromatic rings. The van der Waals surface area contributed by atoms with Gasteiger partial charge in [0, 0.05) is 0 Å². The lowest BCUT2D eigenvalue weighted by atomic mass is 9.67. The van der Waals surface area contributed by atoms with Crippen molar-refractivity contribution in [1.82, 2.24) is 0 Å². The van der Waals surface area contributed by atoms with Gasteiger partial charge in [-0.1, -0.05) is 27.2 Å². The molecule has 0 aromatic heterocycles. The second-order valence-electron chi connectivity index (χ2n) is 5.12. The maximum absolute atomic E-state index is 8.71. The maximum Gasteiger partial charge on any atom is 0.0701 e. The van der Waals surface area contributed by atoms with Crippen LogP contribution in [0, 0.1) is 11.3 Å². The van der Waals surface area contributed by atoms with Crippen LogP contribution in [0.3, 0.4) is 0 Å². The molecule has 0 amide bonds. The lowest BCUT2D eigenvalue weighted by molar-refractivity contribution is -0.0361. The Morgan fingerprint density at radius 3 is 2.79 bits per heavy atom. The minimum atomic E-state index is 0.148. The third kappa shape index (κ3) is 2.96. The van der Waals surface area contributed by atoms with Gasteiger partial charge in [0.1, 0.15) is 0 Å². The first-order chi connectivity index (χ1) is 6.58. The van der Waals surface area contributed by atoms with Crippen molar-refractivity contribution in [3.63, 3.8) is 0 Å². The van der Waals surface area contributed by atoms with Crippen LogP contribution in [-0.4, -0.2) is 24.4 Å². The van der Waals surface area contributed by atoms with Crippen LogP contribution in [0.1, 0.15) is 46.5 Å². The van der Waals surface area contributed by atoms with Crippen LogP contribution >= 0.6 is 0 Å². The second-order valence-corrected chi connectivity index (χ2v) is 5.12. The lowest BCUT2D eigenvalue weighted by Crippen LogP contribution is -2.34. The molecule has 2 heteroatoms. The van der Waals surface area contributed by atoms with Crippen LogP contribution in [0.4, 0.5) is 0 Å². The van der Waals surface area contributed by atoms with Gasteiger partial charge in [-0.3, -0.25) is 0 Å². The van der Waals surface area contributed by atoms with Gasteiger partial charge in [-0.2, -0.15) is 0 Å². The van der Waals surface area contributed by atoms with Crippen molar-refractivity contribution >= 4 is 0 Å². The van der Waals surface area contributed by atoms with Crippen molar-refractivity contribution in [3.05, 3.63) is 0 Å². The molecule has 1 saturated carbocycles. The SMILES string of the molecule is CC(C)C1(C)CCCC(OCCO)C1. The zero-order chi connectivity index (χ0) is 10.6. The average molecular weight is 200 g/mol. The van der Waals surface area contributed by atoms with E-state index in [9.17, 15) is 0 Å². The predicted octanol–water partition coefficient (Wildman–Crippen LogP) is 2.60. The summed E-state index contributed by atoms with van der Waals surface area (Å²) in [6.07, 6.45) is 5.30. The predicted molar refractivity (Wildman–Crippen MR) is 58.2 cm³/mol. The Morgan fingerprint density at radius 1 is 1.50 bits per heavy atom. The highest BCUT2D eigenvalue weighted by Crippen LogP contribution is 2.42. The van der Waals surface area contributed by atoms with E-state index in [1.165, 1.54) is 19.3 Å². The van der Waals surface area contributed by atoms with Crippen molar-refractivity contribution in [3.8, 4) is 0 Å². The molecule has 1 aliphatic rings. The monoisotopic (exact) mass is 200 g/mol. The van der Waals surface area contributed by atoms with Gasteiger partial charge in [-0.25, -0.2) is 0 Å². The zero-order valence-corrected chi connectivity index (χ0v) is 9.75. The zero-order valence-electron chi connectivity index (χ0n) is 9.75. The van der Waals surface area contributed by atoms with Crippen molar-refractivity contribution in [2.24, 2.45) is 11.3 Å². The Balaban J connectivity index is 2.42. The Hall–Kier alpha value is -0.0800. The highest BCUT2D eigenvalue weighted by Gasteiger charge is 2.34. The fraction of sp³-hybridized carbons (Fsp3) is 1.00. The summed E-state index contributed by atoms with van der Waals surface area (Å²) < 4.78 is 5.63. The Labute approximate surface area is 87.7 Å². The molecule has 1 aliphatic carbocycles. The van der Waals surface area contributed by atoms with Crippen LogP contribution in [-0.2, 0) is 4.74 Å². The molecule has 0 radical (unpaired) electrons. The second kappa shape index (κ2) is 5.13. The summed E-state index contributed by atoms with van der Waals surface area (Å²) in [6, 6.07) is 0. The number of hydrogen-bond acceptors (Lipinski definition) is 2. The summed E-state index contributed by atoms with van der Waals surface area (Å²) in [5.74, 6) is 0.725. The highest BCUT2D eigenvalue weighted by atomic mass is 16.5. The molecule has 0 saturated heterocycles. The van der Waals surface area contributed by atoms with Crippen LogP contribution in [0.5, 0.6) is 0 Å². The molecular weight excluding hydrogens is 176 g/mol. The van der Waals surface area contributed by atoms with Crippen molar-refractivity contribution in [2.75, 3.05) is 13.2 Å². The molecule has 0 bridgehead atoms. The normalized spacial score (nSPS) is 33.6. The van der Waals surface area contributed by atoms with E-state index in [2.05, 4.69) is 20.8 Å². The third-order valence-electron chi connectivity index (χ3n) is 3.81. The Kier molecular flexibility index (Phi) is 4.39. The molecule has 0 heterocycles. The summed E-state index contributed by atoms with van der Waals surface area (Å²) in [4.78, 5) is 0. The molecule has 1 fully saturated rings. The Bertz CT molecular complexity index is 168. The smallest absolute Gasteiger partial charge is 0.0701 e. The van der Waals surface area contributed by atoms with E-state index < -0.39 is 0 Å². The van der Waals surface area contributed by atoms with E-state index in [4.69, 9.17) is 9.84 Å². The maximum atomic E-state index is 8.71. The van der Waals surface area contributed by atoms with E-state index in [1.54, 1.807) is 0 Å². The summed E-state index contributed by atoms with van der Waals surface area (Å²) >= 11 is 0. The van der Waals surface area contributed by atoms with E-state index in [0.717, 1.165) is 12.3 Å². The topological polar surface area (TPSA) is 29.5 Å². The van der Waals surface area contributed by atoms with Gasteiger partial charge in [0.15, 0.2) is 0 Å². The van der Waals surface area contributed by atoms with E-state index >= 15 is 0 Å². The fourth-order valence-corrected chi connectivity index (χ4v) is 2.34. The summed E-state index contributed by atoms with van der Waals surface area (Å²) in [6.45, 7) is 7.61. The lowest BCUT2D eigenvalue weighted by Gasteiger charge is -2.41. The molecule has 84 valence electrons. The van der Waals surface area contributed by atoms with Gasteiger partial charge in [0.25, 0.3) is 0 Å². The standard InChI is InChI=1S/C12H24O2/c1-10(2)12(3)6-4-5-11(9-12)14-8-7-13/h10-11,13H,4-9H2,1-3H3. The number of hydrogen-bond donors (Lipinski definition) is 1.